The van der Waals surface area contributed by atoms with E-state index in [2.05, 4.69) is 35.8 Å². The topological polar surface area (TPSA) is 27.1 Å². The first-order valence-electron chi connectivity index (χ1n) is 8.39. The zero-order valence-electron chi connectivity index (χ0n) is 14.0. The molecule has 23 heavy (non-hydrogen) atoms. The van der Waals surface area contributed by atoms with E-state index >= 15 is 0 Å². The smallest absolute Gasteiger partial charge is 0.141 e. The largest absolute Gasteiger partial charge is 0.385 e. The third-order valence-electron chi connectivity index (χ3n) is 4.53. The molecule has 1 aliphatic carbocycles. The minimum Gasteiger partial charge on any atom is -0.385 e. The Labute approximate surface area is 143 Å². The minimum absolute atomic E-state index is 0.769. The molecule has 0 amide bonds. The van der Waals surface area contributed by atoms with Crippen LogP contribution in [0.25, 0.3) is 11.4 Å². The first-order chi connectivity index (χ1) is 11.2. The second-order valence-corrected chi connectivity index (χ2v) is 6.62. The number of methoxy groups -OCH3 is 1. The van der Waals surface area contributed by atoms with E-state index in [1.165, 1.54) is 29.7 Å². The van der Waals surface area contributed by atoms with Gasteiger partial charge in [-0.15, -0.1) is 0 Å². The molecule has 0 atom stereocenters. The molecule has 1 aromatic heterocycles. The number of hydrogen-bond acceptors (Lipinski definition) is 3. The molecule has 3 rings (SSSR count). The molecule has 0 N–H and O–H groups in total. The fourth-order valence-electron chi connectivity index (χ4n) is 3.30. The van der Waals surface area contributed by atoms with Crippen molar-refractivity contribution in [2.24, 2.45) is 0 Å². The summed E-state index contributed by atoms with van der Waals surface area (Å²) in [6.45, 7) is 3.81. The van der Waals surface area contributed by atoms with Crippen molar-refractivity contribution in [1.82, 2.24) is 9.55 Å². The van der Waals surface area contributed by atoms with Crippen LogP contribution in [0.3, 0.4) is 0 Å². The Hall–Kier alpha value is -1.52. The van der Waals surface area contributed by atoms with E-state index in [1.807, 2.05) is 0 Å². The SMILES string of the molecule is COCCCn1c(-c2ccc(C)cc2)nc(=S)c2c1CCCC2. The maximum Gasteiger partial charge on any atom is 0.141 e. The van der Waals surface area contributed by atoms with E-state index in [0.717, 1.165) is 48.4 Å². The number of hydrogen-bond donors (Lipinski definition) is 0. The lowest BCUT2D eigenvalue weighted by atomic mass is 9.96. The quantitative estimate of drug-likeness (QED) is 0.597. The lowest BCUT2D eigenvalue weighted by molar-refractivity contribution is 0.190. The Bertz CT molecular complexity index is 734. The van der Waals surface area contributed by atoms with Crippen LogP contribution >= 0.6 is 12.2 Å². The van der Waals surface area contributed by atoms with Crippen LogP contribution in [0.5, 0.6) is 0 Å². The zero-order chi connectivity index (χ0) is 16.2. The molecule has 0 aliphatic heterocycles. The van der Waals surface area contributed by atoms with Crippen molar-refractivity contribution in [2.75, 3.05) is 13.7 Å². The van der Waals surface area contributed by atoms with Gasteiger partial charge in [0, 0.05) is 37.1 Å². The standard InChI is InChI=1S/C19H24N2OS/c1-14-8-10-15(11-9-14)18-20-19(23)16-6-3-4-7-17(16)21(18)12-5-13-22-2/h8-11H,3-7,12-13H2,1-2H3. The monoisotopic (exact) mass is 328 g/mol. The van der Waals surface area contributed by atoms with Gasteiger partial charge in [0.05, 0.1) is 0 Å². The highest BCUT2D eigenvalue weighted by Gasteiger charge is 2.18. The van der Waals surface area contributed by atoms with Crippen molar-refractivity contribution in [3.8, 4) is 11.4 Å². The van der Waals surface area contributed by atoms with Crippen molar-refractivity contribution in [3.63, 3.8) is 0 Å². The summed E-state index contributed by atoms with van der Waals surface area (Å²) in [7, 11) is 1.76. The highest BCUT2D eigenvalue weighted by Crippen LogP contribution is 2.27. The van der Waals surface area contributed by atoms with Crippen molar-refractivity contribution < 1.29 is 4.74 Å². The second kappa shape index (κ2) is 7.37. The number of rotatable bonds is 5. The van der Waals surface area contributed by atoms with Crippen LogP contribution in [0, 0.1) is 11.6 Å². The van der Waals surface area contributed by atoms with Gasteiger partial charge in [-0.3, -0.25) is 0 Å². The predicted octanol–water partition coefficient (Wildman–Crippen LogP) is 4.50. The van der Waals surface area contributed by atoms with Gasteiger partial charge in [-0.25, -0.2) is 4.98 Å². The molecule has 1 aliphatic rings. The van der Waals surface area contributed by atoms with Gasteiger partial charge in [0.2, 0.25) is 0 Å². The van der Waals surface area contributed by atoms with Gasteiger partial charge in [-0.05, 0) is 39.0 Å². The average Bonchev–Trinajstić information content (AvgIpc) is 2.58. The number of ether oxygens (including phenoxy) is 1. The summed E-state index contributed by atoms with van der Waals surface area (Å²) in [5, 5.41) is 0. The van der Waals surface area contributed by atoms with Crippen molar-refractivity contribution >= 4 is 12.2 Å². The maximum absolute atomic E-state index is 5.60. The molecule has 0 unspecified atom stereocenters. The van der Waals surface area contributed by atoms with Gasteiger partial charge in [-0.2, -0.15) is 0 Å². The summed E-state index contributed by atoms with van der Waals surface area (Å²) in [6.07, 6.45) is 5.63. The van der Waals surface area contributed by atoms with E-state index in [9.17, 15) is 0 Å². The van der Waals surface area contributed by atoms with Crippen LogP contribution in [0.1, 0.15) is 36.1 Å². The average molecular weight is 328 g/mol. The first-order valence-corrected chi connectivity index (χ1v) is 8.80. The number of benzene rings is 1. The Morgan fingerprint density at radius 2 is 1.91 bits per heavy atom. The van der Waals surface area contributed by atoms with Crippen LogP contribution in [-0.2, 0) is 24.1 Å². The summed E-state index contributed by atoms with van der Waals surface area (Å²) in [5.74, 6) is 1.01. The normalized spacial score (nSPS) is 13.8. The van der Waals surface area contributed by atoms with Crippen molar-refractivity contribution in [1.29, 1.82) is 0 Å². The Kier molecular flexibility index (Phi) is 5.23. The molecule has 0 saturated carbocycles. The molecule has 3 nitrogen and oxygen atoms in total. The molecule has 4 heteroatoms. The van der Waals surface area contributed by atoms with Crippen molar-refractivity contribution in [3.05, 3.63) is 45.7 Å². The maximum atomic E-state index is 5.60. The fraction of sp³-hybridized carbons (Fsp3) is 0.474. The summed E-state index contributed by atoms with van der Waals surface area (Å²) < 4.78 is 8.41. The van der Waals surface area contributed by atoms with E-state index in [4.69, 9.17) is 21.9 Å². The van der Waals surface area contributed by atoms with Gasteiger partial charge in [0.25, 0.3) is 0 Å². The minimum atomic E-state index is 0.769. The van der Waals surface area contributed by atoms with E-state index < -0.39 is 0 Å². The predicted molar refractivity (Wildman–Crippen MR) is 96.4 cm³/mol. The first kappa shape index (κ1) is 16.3. The van der Waals surface area contributed by atoms with Crippen molar-refractivity contribution in [2.45, 2.75) is 45.6 Å². The van der Waals surface area contributed by atoms with Crippen LogP contribution in [0.4, 0.5) is 0 Å². The summed E-state index contributed by atoms with van der Waals surface area (Å²) in [5.41, 5.74) is 5.09. The molecular formula is C19H24N2OS. The lowest BCUT2D eigenvalue weighted by Gasteiger charge is -2.24. The van der Waals surface area contributed by atoms with Gasteiger partial charge in [-0.1, -0.05) is 42.0 Å². The molecule has 2 aromatic rings. The summed E-state index contributed by atoms with van der Waals surface area (Å²) >= 11 is 5.60. The molecule has 0 spiro atoms. The highest BCUT2D eigenvalue weighted by molar-refractivity contribution is 7.71. The van der Waals surface area contributed by atoms with Gasteiger partial charge in [0.1, 0.15) is 10.5 Å². The number of aryl methyl sites for hydroxylation is 1. The Balaban J connectivity index is 2.11. The van der Waals surface area contributed by atoms with E-state index in [-0.39, 0.29) is 0 Å². The van der Waals surface area contributed by atoms with Gasteiger partial charge >= 0.3 is 0 Å². The number of fused-ring (bicyclic) bond motifs is 1. The molecular weight excluding hydrogens is 304 g/mol. The zero-order valence-corrected chi connectivity index (χ0v) is 14.8. The molecule has 0 bridgehead atoms. The number of nitrogens with zero attached hydrogens (tertiary/aromatic N) is 2. The Morgan fingerprint density at radius 3 is 2.65 bits per heavy atom. The van der Waals surface area contributed by atoms with Gasteiger partial charge in [0.15, 0.2) is 0 Å². The second-order valence-electron chi connectivity index (χ2n) is 6.24. The van der Waals surface area contributed by atoms with Crippen LogP contribution in [-0.4, -0.2) is 23.3 Å². The Morgan fingerprint density at radius 1 is 1.17 bits per heavy atom. The summed E-state index contributed by atoms with van der Waals surface area (Å²) in [6, 6.07) is 8.57. The third-order valence-corrected chi connectivity index (χ3v) is 4.86. The summed E-state index contributed by atoms with van der Waals surface area (Å²) in [4.78, 5) is 4.80. The van der Waals surface area contributed by atoms with Crippen LogP contribution in [0.15, 0.2) is 24.3 Å². The molecule has 1 aromatic carbocycles. The van der Waals surface area contributed by atoms with E-state index in [1.54, 1.807) is 7.11 Å². The molecule has 122 valence electrons. The molecule has 0 fully saturated rings. The third kappa shape index (κ3) is 3.54. The fourth-order valence-corrected chi connectivity index (χ4v) is 3.61. The van der Waals surface area contributed by atoms with Crippen LogP contribution < -0.4 is 0 Å². The molecule has 0 saturated heterocycles. The highest BCUT2D eigenvalue weighted by atomic mass is 32.1. The molecule has 1 heterocycles. The van der Waals surface area contributed by atoms with E-state index in [0.29, 0.717) is 0 Å². The lowest BCUT2D eigenvalue weighted by Crippen LogP contribution is -2.19. The molecule has 0 radical (unpaired) electrons. The number of aromatic nitrogens is 2. The van der Waals surface area contributed by atoms with Crippen LogP contribution in [0.2, 0.25) is 0 Å². The van der Waals surface area contributed by atoms with Gasteiger partial charge < -0.3 is 9.30 Å².